The second kappa shape index (κ2) is 4.83. The van der Waals surface area contributed by atoms with Crippen molar-refractivity contribution in [3.05, 3.63) is 24.4 Å². The van der Waals surface area contributed by atoms with Gasteiger partial charge < -0.3 is 15.8 Å². The number of benzene rings is 1. The normalized spacial score (nSPS) is 11.6. The smallest absolute Gasteiger partial charge is 0.422 e. The number of hydrogen-bond donors (Lipinski definition) is 2. The second-order valence-corrected chi connectivity index (χ2v) is 3.92. The van der Waals surface area contributed by atoms with Gasteiger partial charge in [-0.25, -0.2) is 0 Å². The van der Waals surface area contributed by atoms with E-state index in [2.05, 4.69) is 10.3 Å². The molecule has 102 valence electrons. The first-order chi connectivity index (χ1) is 8.90. The third-order valence-corrected chi connectivity index (χ3v) is 2.52. The fourth-order valence-electron chi connectivity index (χ4n) is 1.72. The highest BCUT2D eigenvalue weighted by Gasteiger charge is 2.28. The van der Waals surface area contributed by atoms with Crippen molar-refractivity contribution in [1.29, 1.82) is 0 Å². The molecular formula is C12H12F3N3O. The molecule has 0 unspecified atom stereocenters. The minimum Gasteiger partial charge on any atom is -0.484 e. The number of fused-ring (bicyclic) bond motifs is 1. The number of pyridine rings is 1. The van der Waals surface area contributed by atoms with Gasteiger partial charge in [-0.15, -0.1) is 0 Å². The monoisotopic (exact) mass is 271 g/mol. The molecule has 3 N–H and O–H groups in total. The number of nitrogens with zero attached hydrogens (tertiary/aromatic N) is 1. The molecular weight excluding hydrogens is 259 g/mol. The minimum absolute atomic E-state index is 0.119. The van der Waals surface area contributed by atoms with Gasteiger partial charge >= 0.3 is 6.18 Å². The van der Waals surface area contributed by atoms with Crippen LogP contribution in [0.25, 0.3) is 10.9 Å². The molecule has 0 fully saturated rings. The zero-order valence-corrected chi connectivity index (χ0v) is 10.1. The van der Waals surface area contributed by atoms with E-state index in [1.54, 1.807) is 13.1 Å². The zero-order chi connectivity index (χ0) is 14.0. The van der Waals surface area contributed by atoms with Gasteiger partial charge in [0.15, 0.2) is 6.61 Å². The molecule has 0 aliphatic carbocycles. The van der Waals surface area contributed by atoms with Gasteiger partial charge in [0.05, 0.1) is 23.1 Å². The topological polar surface area (TPSA) is 60.2 Å². The van der Waals surface area contributed by atoms with Crippen LogP contribution < -0.4 is 15.8 Å². The average molecular weight is 271 g/mol. The molecule has 0 atom stereocenters. The highest BCUT2D eigenvalue weighted by Crippen LogP contribution is 2.30. The van der Waals surface area contributed by atoms with Gasteiger partial charge in [-0.2, -0.15) is 13.2 Å². The Morgan fingerprint density at radius 3 is 2.74 bits per heavy atom. The molecule has 0 saturated heterocycles. The van der Waals surface area contributed by atoms with Gasteiger partial charge in [-0.3, -0.25) is 4.98 Å². The van der Waals surface area contributed by atoms with Crippen molar-refractivity contribution in [2.45, 2.75) is 6.18 Å². The summed E-state index contributed by atoms with van der Waals surface area (Å²) in [6.07, 6.45) is -2.88. The van der Waals surface area contributed by atoms with E-state index in [0.29, 0.717) is 22.3 Å². The first kappa shape index (κ1) is 13.3. The summed E-state index contributed by atoms with van der Waals surface area (Å²) < 4.78 is 41.0. The fraction of sp³-hybridized carbons (Fsp3) is 0.250. The molecule has 1 heterocycles. The van der Waals surface area contributed by atoms with E-state index in [1.807, 2.05) is 0 Å². The summed E-state index contributed by atoms with van der Waals surface area (Å²) in [6, 6.07) is 4.51. The Balaban J connectivity index is 2.38. The number of ether oxygens (including phenoxy) is 1. The molecule has 1 aromatic carbocycles. The Bertz CT molecular complexity index is 599. The summed E-state index contributed by atoms with van der Waals surface area (Å²) >= 11 is 0. The van der Waals surface area contributed by atoms with Gasteiger partial charge in [-0.1, -0.05) is 0 Å². The van der Waals surface area contributed by atoms with Crippen LogP contribution in [-0.2, 0) is 0 Å². The molecule has 2 rings (SSSR count). The summed E-state index contributed by atoms with van der Waals surface area (Å²) in [5, 5.41) is 3.51. The number of rotatable bonds is 3. The highest BCUT2D eigenvalue weighted by molar-refractivity contribution is 5.97. The largest absolute Gasteiger partial charge is 0.484 e. The number of nitrogen functional groups attached to an aromatic ring is 1. The first-order valence-corrected chi connectivity index (χ1v) is 5.46. The lowest BCUT2D eigenvalue weighted by molar-refractivity contribution is -0.153. The van der Waals surface area contributed by atoms with E-state index in [4.69, 9.17) is 10.5 Å². The van der Waals surface area contributed by atoms with Crippen molar-refractivity contribution in [3.63, 3.8) is 0 Å². The molecule has 7 heteroatoms. The van der Waals surface area contributed by atoms with Gasteiger partial charge in [0, 0.05) is 12.4 Å². The van der Waals surface area contributed by atoms with Crippen LogP contribution in [-0.4, -0.2) is 24.8 Å². The van der Waals surface area contributed by atoms with Gasteiger partial charge in [-0.05, 0) is 18.2 Å². The molecule has 0 saturated carbocycles. The summed E-state index contributed by atoms with van der Waals surface area (Å²) in [7, 11) is 1.67. The van der Waals surface area contributed by atoms with Crippen molar-refractivity contribution in [2.24, 2.45) is 0 Å². The van der Waals surface area contributed by atoms with Gasteiger partial charge in [0.25, 0.3) is 0 Å². The van der Waals surface area contributed by atoms with Crippen molar-refractivity contribution >= 4 is 22.3 Å². The van der Waals surface area contributed by atoms with Crippen molar-refractivity contribution in [2.75, 3.05) is 24.7 Å². The van der Waals surface area contributed by atoms with E-state index in [0.717, 1.165) is 0 Å². The first-order valence-electron chi connectivity index (χ1n) is 5.46. The summed E-state index contributed by atoms with van der Waals surface area (Å²) in [5.74, 6) is 0.119. The Morgan fingerprint density at radius 2 is 2.11 bits per heavy atom. The van der Waals surface area contributed by atoms with E-state index in [1.165, 1.54) is 18.3 Å². The third kappa shape index (κ3) is 2.98. The minimum atomic E-state index is -4.37. The molecule has 0 aliphatic heterocycles. The van der Waals surface area contributed by atoms with Crippen LogP contribution >= 0.6 is 0 Å². The molecule has 0 radical (unpaired) electrons. The molecule has 1 aromatic heterocycles. The highest BCUT2D eigenvalue weighted by atomic mass is 19.4. The van der Waals surface area contributed by atoms with Crippen molar-refractivity contribution in [3.8, 4) is 5.75 Å². The van der Waals surface area contributed by atoms with Crippen LogP contribution in [0.4, 0.5) is 24.5 Å². The Morgan fingerprint density at radius 1 is 1.37 bits per heavy atom. The average Bonchev–Trinajstić information content (AvgIpc) is 2.35. The predicted molar refractivity (Wildman–Crippen MR) is 67.3 cm³/mol. The molecule has 0 bridgehead atoms. The predicted octanol–water partition coefficient (Wildman–Crippen LogP) is 2.80. The standard InChI is InChI=1S/C12H12F3N3O/c1-17-11-8-4-7(19-6-12(13,14)15)2-3-10(8)18-5-9(11)16/h2-5H,6,16H2,1H3,(H,17,18). The van der Waals surface area contributed by atoms with E-state index < -0.39 is 12.8 Å². The Labute approximate surface area is 107 Å². The molecule has 0 spiro atoms. The molecule has 0 aliphatic rings. The number of halogens is 3. The van der Waals surface area contributed by atoms with Crippen LogP contribution in [0.3, 0.4) is 0 Å². The fourth-order valence-corrected chi connectivity index (χ4v) is 1.72. The maximum Gasteiger partial charge on any atom is 0.422 e. The quantitative estimate of drug-likeness (QED) is 0.901. The van der Waals surface area contributed by atoms with Crippen LogP contribution in [0.1, 0.15) is 0 Å². The zero-order valence-electron chi connectivity index (χ0n) is 10.1. The number of alkyl halides is 3. The number of aromatic nitrogens is 1. The molecule has 2 aromatic rings. The summed E-state index contributed by atoms with van der Waals surface area (Å²) in [4.78, 5) is 4.10. The van der Waals surface area contributed by atoms with E-state index in [9.17, 15) is 13.2 Å². The van der Waals surface area contributed by atoms with E-state index in [-0.39, 0.29) is 5.75 Å². The lowest BCUT2D eigenvalue weighted by Gasteiger charge is -2.12. The van der Waals surface area contributed by atoms with Gasteiger partial charge in [0.1, 0.15) is 5.75 Å². The maximum atomic E-state index is 12.1. The van der Waals surface area contributed by atoms with Crippen molar-refractivity contribution in [1.82, 2.24) is 4.98 Å². The molecule has 19 heavy (non-hydrogen) atoms. The SMILES string of the molecule is CNc1c(N)cnc2ccc(OCC(F)(F)F)cc12. The van der Waals surface area contributed by atoms with Crippen LogP contribution in [0, 0.1) is 0 Å². The number of hydrogen-bond acceptors (Lipinski definition) is 4. The van der Waals surface area contributed by atoms with Crippen LogP contribution in [0.5, 0.6) is 5.75 Å². The Hall–Kier alpha value is -2.18. The van der Waals surface area contributed by atoms with Gasteiger partial charge in [0.2, 0.25) is 0 Å². The summed E-state index contributed by atoms with van der Waals surface area (Å²) in [6.45, 7) is -1.33. The molecule has 0 amide bonds. The van der Waals surface area contributed by atoms with E-state index >= 15 is 0 Å². The number of nitrogens with one attached hydrogen (secondary N) is 1. The number of nitrogens with two attached hydrogens (primary N) is 1. The summed E-state index contributed by atoms with van der Waals surface area (Å²) in [5.41, 5.74) is 7.40. The van der Waals surface area contributed by atoms with Crippen molar-refractivity contribution < 1.29 is 17.9 Å². The third-order valence-electron chi connectivity index (χ3n) is 2.52. The van der Waals surface area contributed by atoms with Crippen LogP contribution in [0.15, 0.2) is 24.4 Å². The molecule has 4 nitrogen and oxygen atoms in total. The number of anilines is 2. The second-order valence-electron chi connectivity index (χ2n) is 3.92. The lowest BCUT2D eigenvalue weighted by Crippen LogP contribution is -2.19. The van der Waals surface area contributed by atoms with Crippen LogP contribution in [0.2, 0.25) is 0 Å². The lowest BCUT2D eigenvalue weighted by atomic mass is 10.1. The maximum absolute atomic E-state index is 12.1. The Kier molecular flexibility index (Phi) is 3.37.